The van der Waals surface area contributed by atoms with E-state index in [4.69, 9.17) is 17.0 Å². The zero-order valence-electron chi connectivity index (χ0n) is 14.6. The average molecular weight is 374 g/mol. The molecule has 1 aliphatic rings. The van der Waals surface area contributed by atoms with Crippen molar-refractivity contribution in [2.45, 2.75) is 26.6 Å². The molecule has 1 unspecified atom stereocenters. The van der Waals surface area contributed by atoms with Crippen molar-refractivity contribution >= 4 is 23.0 Å². The SMILES string of the molecule is CC(C)C[NH+]1CCO[C@@H](CNC(=S)Nc2ccc(OC(F)F)cc2)C1. The molecule has 1 aromatic carbocycles. The Bertz CT molecular complexity index is 543. The van der Waals surface area contributed by atoms with Crippen molar-refractivity contribution in [1.82, 2.24) is 5.32 Å². The molecular weight excluding hydrogens is 348 g/mol. The fourth-order valence-electron chi connectivity index (χ4n) is 2.85. The summed E-state index contributed by atoms with van der Waals surface area (Å²) in [7, 11) is 0. The van der Waals surface area contributed by atoms with Crippen LogP contribution >= 0.6 is 12.2 Å². The molecule has 0 spiro atoms. The van der Waals surface area contributed by atoms with E-state index >= 15 is 0 Å². The third-order valence-electron chi connectivity index (χ3n) is 3.85. The van der Waals surface area contributed by atoms with E-state index < -0.39 is 6.61 Å². The van der Waals surface area contributed by atoms with Crippen LogP contribution in [0.5, 0.6) is 5.75 Å². The molecule has 0 saturated carbocycles. The van der Waals surface area contributed by atoms with E-state index in [0.29, 0.717) is 23.3 Å². The molecule has 2 rings (SSSR count). The van der Waals surface area contributed by atoms with Crippen molar-refractivity contribution in [3.63, 3.8) is 0 Å². The van der Waals surface area contributed by atoms with Crippen molar-refractivity contribution in [2.75, 3.05) is 38.1 Å². The lowest BCUT2D eigenvalue weighted by Gasteiger charge is -2.31. The highest BCUT2D eigenvalue weighted by molar-refractivity contribution is 7.80. The number of morpholine rings is 1. The van der Waals surface area contributed by atoms with Crippen LogP contribution in [0.4, 0.5) is 14.5 Å². The second-order valence-electron chi connectivity index (χ2n) is 6.53. The van der Waals surface area contributed by atoms with E-state index in [0.717, 1.165) is 26.2 Å². The fourth-order valence-corrected chi connectivity index (χ4v) is 3.05. The summed E-state index contributed by atoms with van der Waals surface area (Å²) in [6, 6.07) is 6.21. The number of nitrogens with one attached hydrogen (secondary N) is 3. The van der Waals surface area contributed by atoms with Gasteiger partial charge >= 0.3 is 6.61 Å². The van der Waals surface area contributed by atoms with E-state index in [-0.39, 0.29) is 11.9 Å². The number of hydrogen-bond acceptors (Lipinski definition) is 3. The van der Waals surface area contributed by atoms with Gasteiger partial charge in [-0.1, -0.05) is 13.8 Å². The van der Waals surface area contributed by atoms with Gasteiger partial charge in [0.1, 0.15) is 24.9 Å². The van der Waals surface area contributed by atoms with E-state index in [2.05, 4.69) is 29.2 Å². The van der Waals surface area contributed by atoms with Gasteiger partial charge in [-0.2, -0.15) is 8.78 Å². The molecule has 8 heteroatoms. The summed E-state index contributed by atoms with van der Waals surface area (Å²) >= 11 is 5.27. The molecule has 25 heavy (non-hydrogen) atoms. The highest BCUT2D eigenvalue weighted by atomic mass is 32.1. The number of rotatable bonds is 7. The molecule has 1 aromatic rings. The van der Waals surface area contributed by atoms with Gasteiger partial charge in [-0.3, -0.25) is 0 Å². The molecule has 1 aliphatic heterocycles. The molecule has 2 atom stereocenters. The first-order chi connectivity index (χ1) is 11.9. The molecule has 1 saturated heterocycles. The van der Waals surface area contributed by atoms with Crippen LogP contribution in [0.15, 0.2) is 24.3 Å². The molecule has 140 valence electrons. The Hall–Kier alpha value is -1.51. The fraction of sp³-hybridized carbons (Fsp3) is 0.588. The van der Waals surface area contributed by atoms with Gasteiger partial charge in [-0.15, -0.1) is 0 Å². The van der Waals surface area contributed by atoms with Crippen molar-refractivity contribution in [1.29, 1.82) is 0 Å². The third-order valence-corrected chi connectivity index (χ3v) is 4.10. The summed E-state index contributed by atoms with van der Waals surface area (Å²) < 4.78 is 34.3. The maximum atomic E-state index is 12.1. The van der Waals surface area contributed by atoms with Crippen molar-refractivity contribution in [3.05, 3.63) is 24.3 Å². The standard InChI is InChI=1S/C17H25F2N3O2S/c1-12(2)10-22-7-8-23-15(11-22)9-20-17(25)21-13-3-5-14(6-4-13)24-16(18)19/h3-6,12,15-16H,7-11H2,1-2H3,(H2,20,21,25)/p+1/t15-/m0/s1. The normalized spacial score (nSPS) is 20.6. The van der Waals surface area contributed by atoms with Gasteiger partial charge in [0.25, 0.3) is 0 Å². The number of hydrogen-bond donors (Lipinski definition) is 3. The molecule has 0 aromatic heterocycles. The number of benzene rings is 1. The van der Waals surface area contributed by atoms with Gasteiger partial charge in [0, 0.05) is 18.2 Å². The number of halogens is 2. The van der Waals surface area contributed by atoms with Gasteiger partial charge < -0.3 is 25.0 Å². The van der Waals surface area contributed by atoms with E-state index in [1.807, 2.05) is 0 Å². The van der Waals surface area contributed by atoms with E-state index in [9.17, 15) is 8.78 Å². The first-order valence-corrected chi connectivity index (χ1v) is 8.88. The van der Waals surface area contributed by atoms with Crippen LogP contribution in [-0.4, -0.2) is 50.6 Å². The predicted molar refractivity (Wildman–Crippen MR) is 97.4 cm³/mol. The topological polar surface area (TPSA) is 47.0 Å². The third kappa shape index (κ3) is 7.50. The monoisotopic (exact) mass is 374 g/mol. The molecule has 1 heterocycles. The van der Waals surface area contributed by atoms with Crippen molar-refractivity contribution in [2.24, 2.45) is 5.92 Å². The van der Waals surface area contributed by atoms with Gasteiger partial charge in [-0.25, -0.2) is 0 Å². The highest BCUT2D eigenvalue weighted by Crippen LogP contribution is 2.17. The Morgan fingerprint density at radius 2 is 2.08 bits per heavy atom. The van der Waals surface area contributed by atoms with Gasteiger partial charge in [-0.05, 0) is 36.5 Å². The minimum absolute atomic E-state index is 0.114. The molecular formula is C17H26F2N3O2S+. The second kappa shape index (κ2) is 9.84. The summed E-state index contributed by atoms with van der Waals surface area (Å²) in [5.74, 6) is 0.782. The molecule has 3 N–H and O–H groups in total. The minimum Gasteiger partial charge on any atom is -0.435 e. The lowest BCUT2D eigenvalue weighted by Crippen LogP contribution is -3.15. The van der Waals surface area contributed by atoms with Crippen LogP contribution in [-0.2, 0) is 4.74 Å². The lowest BCUT2D eigenvalue weighted by atomic mass is 10.2. The van der Waals surface area contributed by atoms with Gasteiger partial charge in [0.15, 0.2) is 5.11 Å². The number of thiocarbonyl (C=S) groups is 1. The summed E-state index contributed by atoms with van der Waals surface area (Å²) in [6.45, 7) is 6.20. The van der Waals surface area contributed by atoms with Crippen LogP contribution in [0.2, 0.25) is 0 Å². The first-order valence-electron chi connectivity index (χ1n) is 8.47. The summed E-state index contributed by atoms with van der Waals surface area (Å²) in [5, 5.41) is 6.65. The smallest absolute Gasteiger partial charge is 0.387 e. The average Bonchev–Trinajstić information content (AvgIpc) is 2.54. The highest BCUT2D eigenvalue weighted by Gasteiger charge is 2.24. The molecule has 0 amide bonds. The van der Waals surface area contributed by atoms with E-state index in [1.54, 1.807) is 17.0 Å². The predicted octanol–water partition coefficient (Wildman–Crippen LogP) is 1.51. The van der Waals surface area contributed by atoms with Crippen LogP contribution in [0, 0.1) is 5.92 Å². The Morgan fingerprint density at radius 1 is 1.36 bits per heavy atom. The largest absolute Gasteiger partial charge is 0.435 e. The second-order valence-corrected chi connectivity index (χ2v) is 6.94. The number of quaternary nitrogens is 1. The summed E-state index contributed by atoms with van der Waals surface area (Å²) in [4.78, 5) is 1.56. The van der Waals surface area contributed by atoms with Crippen molar-refractivity contribution < 1.29 is 23.2 Å². The van der Waals surface area contributed by atoms with Crippen LogP contribution < -0.4 is 20.3 Å². The van der Waals surface area contributed by atoms with E-state index in [1.165, 1.54) is 12.1 Å². The zero-order valence-corrected chi connectivity index (χ0v) is 15.4. The quantitative estimate of drug-likeness (QED) is 0.632. The van der Waals surface area contributed by atoms with Crippen LogP contribution in [0.25, 0.3) is 0 Å². The lowest BCUT2D eigenvalue weighted by molar-refractivity contribution is -0.914. The first kappa shape index (κ1) is 19.8. The summed E-state index contributed by atoms with van der Waals surface area (Å²) in [6.07, 6.45) is 0.129. The van der Waals surface area contributed by atoms with Crippen molar-refractivity contribution in [3.8, 4) is 5.75 Å². The molecule has 5 nitrogen and oxygen atoms in total. The number of ether oxygens (including phenoxy) is 2. The summed E-state index contributed by atoms with van der Waals surface area (Å²) in [5.41, 5.74) is 0.704. The Balaban J connectivity index is 1.73. The number of anilines is 1. The van der Waals surface area contributed by atoms with Gasteiger partial charge in [0.2, 0.25) is 0 Å². The van der Waals surface area contributed by atoms with Crippen LogP contribution in [0.3, 0.4) is 0 Å². The Kier molecular flexibility index (Phi) is 7.80. The van der Waals surface area contributed by atoms with Crippen LogP contribution in [0.1, 0.15) is 13.8 Å². The number of alkyl halides is 2. The Morgan fingerprint density at radius 3 is 2.72 bits per heavy atom. The Labute approximate surface area is 152 Å². The minimum atomic E-state index is -2.82. The zero-order chi connectivity index (χ0) is 18.2. The molecule has 0 aliphatic carbocycles. The molecule has 0 bridgehead atoms. The maximum absolute atomic E-state index is 12.1. The maximum Gasteiger partial charge on any atom is 0.387 e. The van der Waals surface area contributed by atoms with Gasteiger partial charge in [0.05, 0.1) is 13.2 Å². The molecule has 1 fully saturated rings. The molecule has 0 radical (unpaired) electrons.